The van der Waals surface area contributed by atoms with Crippen molar-refractivity contribution in [3.05, 3.63) is 23.4 Å². The Bertz CT molecular complexity index is 880. The van der Waals surface area contributed by atoms with E-state index in [1.807, 2.05) is 24.4 Å². The molecule has 0 saturated heterocycles. The van der Waals surface area contributed by atoms with E-state index in [1.54, 1.807) is 16.2 Å². The molecule has 0 aliphatic carbocycles. The Labute approximate surface area is 182 Å². The molecule has 0 aliphatic rings. The van der Waals surface area contributed by atoms with Gasteiger partial charge in [0, 0.05) is 13.1 Å². The van der Waals surface area contributed by atoms with Crippen LogP contribution in [0.25, 0.3) is 10.8 Å². The molecule has 0 unspecified atom stereocenters. The molecule has 1 N–H and O–H groups in total. The van der Waals surface area contributed by atoms with E-state index in [1.165, 1.54) is 23.1 Å². The molecule has 0 saturated carbocycles. The van der Waals surface area contributed by atoms with Gasteiger partial charge in [0.15, 0.2) is 4.34 Å². The van der Waals surface area contributed by atoms with Crippen molar-refractivity contribution in [3.63, 3.8) is 0 Å². The summed E-state index contributed by atoms with van der Waals surface area (Å²) in [6.07, 6.45) is 3.08. The molecule has 0 bridgehead atoms. The normalized spacial score (nSPS) is 11.0. The lowest BCUT2D eigenvalue weighted by molar-refractivity contribution is -0.129. The van der Waals surface area contributed by atoms with E-state index in [2.05, 4.69) is 32.6 Å². The van der Waals surface area contributed by atoms with E-state index >= 15 is 0 Å². The molecule has 3 aromatic rings. The maximum Gasteiger partial charge on any atom is 0.257 e. The summed E-state index contributed by atoms with van der Waals surface area (Å²) in [5, 5.41) is 22.5. The number of anilines is 1. The van der Waals surface area contributed by atoms with Gasteiger partial charge in [-0.1, -0.05) is 49.4 Å². The molecule has 0 radical (unpaired) electrons. The van der Waals surface area contributed by atoms with E-state index in [9.17, 15) is 4.79 Å². The fourth-order valence-electron chi connectivity index (χ4n) is 2.47. The summed E-state index contributed by atoms with van der Waals surface area (Å²) in [4.78, 5) is 15.4. The second-order valence-electron chi connectivity index (χ2n) is 6.24. The number of unbranched alkanes of at least 4 members (excludes halogenated alkanes) is 1. The summed E-state index contributed by atoms with van der Waals surface area (Å²) < 4.78 is 6.51. The Morgan fingerprint density at radius 1 is 1.24 bits per heavy atom. The highest BCUT2D eigenvalue weighted by molar-refractivity contribution is 8.01. The number of thioether (sulfide) groups is 1. The zero-order chi connectivity index (χ0) is 20.5. The van der Waals surface area contributed by atoms with Gasteiger partial charge in [0.1, 0.15) is 0 Å². The number of nitrogens with zero attached hydrogens (tertiary/aromatic N) is 5. The highest BCUT2D eigenvalue weighted by Crippen LogP contribution is 2.26. The Kier molecular flexibility index (Phi) is 8.44. The minimum absolute atomic E-state index is 0.0171. The molecule has 0 atom stereocenters. The van der Waals surface area contributed by atoms with Crippen molar-refractivity contribution >= 4 is 45.5 Å². The van der Waals surface area contributed by atoms with Gasteiger partial charge in [0.25, 0.3) is 5.89 Å². The van der Waals surface area contributed by atoms with Gasteiger partial charge in [-0.25, -0.2) is 0 Å². The first-order valence-electron chi connectivity index (χ1n) is 9.53. The van der Waals surface area contributed by atoms with Gasteiger partial charge in [-0.2, -0.15) is 0 Å². The smallest absolute Gasteiger partial charge is 0.257 e. The Morgan fingerprint density at radius 3 is 2.90 bits per heavy atom. The molecule has 156 valence electrons. The topological polar surface area (TPSA) is 97.0 Å². The third kappa shape index (κ3) is 6.51. The largest absolute Gasteiger partial charge is 0.418 e. The van der Waals surface area contributed by atoms with Gasteiger partial charge in [-0.3, -0.25) is 4.79 Å². The van der Waals surface area contributed by atoms with Crippen molar-refractivity contribution in [2.75, 3.05) is 24.2 Å². The Hall–Kier alpha value is -1.98. The van der Waals surface area contributed by atoms with Crippen molar-refractivity contribution < 1.29 is 9.21 Å². The van der Waals surface area contributed by atoms with Crippen LogP contribution in [0.2, 0.25) is 0 Å². The quantitative estimate of drug-likeness (QED) is 0.319. The first-order chi connectivity index (χ1) is 14.2. The molecular weight excluding hydrogens is 428 g/mol. The standard InChI is InChI=1S/C18H24N6O2S3/c1-3-5-8-19-17-22-23-18(29-17)28-12-15(25)24(9-4-2)11-14-20-21-16(26-14)13-7-6-10-27-13/h6-7,10H,3-5,8-9,11-12H2,1-2H3,(H,19,22). The van der Waals surface area contributed by atoms with E-state index in [4.69, 9.17) is 4.42 Å². The van der Waals surface area contributed by atoms with E-state index in [-0.39, 0.29) is 5.91 Å². The minimum Gasteiger partial charge on any atom is -0.418 e. The van der Waals surface area contributed by atoms with Crippen LogP contribution < -0.4 is 5.32 Å². The Morgan fingerprint density at radius 2 is 2.14 bits per heavy atom. The molecule has 11 heteroatoms. The second kappa shape index (κ2) is 11.3. The monoisotopic (exact) mass is 452 g/mol. The van der Waals surface area contributed by atoms with Crippen LogP contribution in [0, 0.1) is 0 Å². The summed E-state index contributed by atoms with van der Waals surface area (Å²) in [6.45, 7) is 6.02. The lowest BCUT2D eigenvalue weighted by Gasteiger charge is -2.19. The van der Waals surface area contributed by atoms with Crippen molar-refractivity contribution in [2.45, 2.75) is 44.0 Å². The molecule has 0 fully saturated rings. The average Bonchev–Trinajstić information content (AvgIpc) is 3.47. The van der Waals surface area contributed by atoms with Crippen LogP contribution in [0.5, 0.6) is 0 Å². The summed E-state index contributed by atoms with van der Waals surface area (Å²) in [7, 11) is 0. The van der Waals surface area contributed by atoms with Crippen LogP contribution in [-0.4, -0.2) is 50.0 Å². The SMILES string of the molecule is CCCCNc1nnc(SCC(=O)N(CCC)Cc2nnc(-c3cccs3)o2)s1. The fraction of sp³-hybridized carbons (Fsp3) is 0.500. The highest BCUT2D eigenvalue weighted by Gasteiger charge is 2.18. The molecule has 3 heterocycles. The van der Waals surface area contributed by atoms with Crippen LogP contribution in [0.15, 0.2) is 26.3 Å². The summed E-state index contributed by atoms with van der Waals surface area (Å²) >= 11 is 4.42. The number of rotatable bonds is 12. The third-order valence-electron chi connectivity index (χ3n) is 3.90. The second-order valence-corrected chi connectivity index (χ2v) is 9.38. The van der Waals surface area contributed by atoms with Crippen molar-refractivity contribution in [3.8, 4) is 10.8 Å². The number of carbonyl (C=O) groups is 1. The Balaban J connectivity index is 1.53. The van der Waals surface area contributed by atoms with Gasteiger partial charge in [0.2, 0.25) is 16.9 Å². The molecule has 1 amide bonds. The summed E-state index contributed by atoms with van der Waals surface area (Å²) in [5.41, 5.74) is 0. The maximum atomic E-state index is 12.7. The van der Waals surface area contributed by atoms with Crippen LogP contribution in [0.3, 0.4) is 0 Å². The van der Waals surface area contributed by atoms with Crippen molar-refractivity contribution in [1.82, 2.24) is 25.3 Å². The molecule has 0 aromatic carbocycles. The summed E-state index contributed by atoms with van der Waals surface area (Å²) in [6, 6.07) is 3.87. The lowest BCUT2D eigenvalue weighted by atomic mass is 10.3. The average molecular weight is 453 g/mol. The van der Waals surface area contributed by atoms with Crippen LogP contribution in [0.1, 0.15) is 39.0 Å². The van der Waals surface area contributed by atoms with Crippen molar-refractivity contribution in [2.24, 2.45) is 0 Å². The van der Waals surface area contributed by atoms with Gasteiger partial charge in [-0.05, 0) is 24.3 Å². The molecule has 0 spiro atoms. The molecule has 3 aromatic heterocycles. The van der Waals surface area contributed by atoms with Crippen LogP contribution >= 0.6 is 34.4 Å². The van der Waals surface area contributed by atoms with Crippen LogP contribution in [0.4, 0.5) is 5.13 Å². The van der Waals surface area contributed by atoms with Gasteiger partial charge < -0.3 is 14.6 Å². The number of hydrogen-bond donors (Lipinski definition) is 1. The molecular formula is C18H24N6O2S3. The summed E-state index contributed by atoms with van der Waals surface area (Å²) in [5.74, 6) is 1.25. The van der Waals surface area contributed by atoms with Crippen LogP contribution in [-0.2, 0) is 11.3 Å². The minimum atomic E-state index is 0.0171. The number of carbonyl (C=O) groups excluding carboxylic acids is 1. The molecule has 0 aliphatic heterocycles. The number of amides is 1. The van der Waals surface area contributed by atoms with Gasteiger partial charge in [-0.15, -0.1) is 31.7 Å². The highest BCUT2D eigenvalue weighted by atomic mass is 32.2. The first kappa shape index (κ1) is 21.7. The third-order valence-corrected chi connectivity index (χ3v) is 6.76. The predicted molar refractivity (Wildman–Crippen MR) is 117 cm³/mol. The van der Waals surface area contributed by atoms with E-state index in [0.717, 1.165) is 40.2 Å². The van der Waals surface area contributed by atoms with E-state index in [0.29, 0.717) is 30.6 Å². The van der Waals surface area contributed by atoms with Crippen molar-refractivity contribution in [1.29, 1.82) is 0 Å². The number of hydrogen-bond acceptors (Lipinski definition) is 10. The predicted octanol–water partition coefficient (Wildman–Crippen LogP) is 4.39. The lowest BCUT2D eigenvalue weighted by Crippen LogP contribution is -2.32. The first-order valence-corrected chi connectivity index (χ1v) is 12.2. The van der Waals surface area contributed by atoms with Gasteiger partial charge >= 0.3 is 0 Å². The fourth-order valence-corrected chi connectivity index (χ4v) is 4.79. The van der Waals surface area contributed by atoms with E-state index < -0.39 is 0 Å². The molecule has 3 rings (SSSR count). The molecule has 8 nitrogen and oxygen atoms in total. The molecule has 29 heavy (non-hydrogen) atoms. The van der Waals surface area contributed by atoms with Gasteiger partial charge in [0.05, 0.1) is 17.2 Å². The number of thiophene rings is 1. The number of aromatic nitrogens is 4. The zero-order valence-corrected chi connectivity index (χ0v) is 18.9. The number of nitrogens with one attached hydrogen (secondary N) is 1. The zero-order valence-electron chi connectivity index (χ0n) is 16.5. The maximum absolute atomic E-state index is 12.7.